The Morgan fingerprint density at radius 2 is 0.754 bits per heavy atom. The largest absolute Gasteiger partial charge is 0.497 e. The van der Waals surface area contributed by atoms with Crippen LogP contribution in [0.2, 0.25) is 0 Å². The average Bonchev–Trinajstić information content (AvgIpc) is 1.15. The lowest BCUT2D eigenvalue weighted by molar-refractivity contribution is -0.135. The summed E-state index contributed by atoms with van der Waals surface area (Å²) in [6, 6.07) is -5.44. The maximum atomic E-state index is 14.7. The van der Waals surface area contributed by atoms with Gasteiger partial charge in [-0.25, -0.2) is 94.9 Å². The predicted molar refractivity (Wildman–Crippen MR) is 544 cm³/mol. The van der Waals surface area contributed by atoms with Gasteiger partial charge in [0.2, 0.25) is 106 Å². The summed E-state index contributed by atoms with van der Waals surface area (Å²) in [5.74, 6) is -19.0. The van der Waals surface area contributed by atoms with Crippen LogP contribution in [0.1, 0.15) is 243 Å². The summed E-state index contributed by atoms with van der Waals surface area (Å²) in [5, 5.41) is 277. The van der Waals surface area contributed by atoms with Crippen LogP contribution < -0.4 is 0 Å². The van der Waals surface area contributed by atoms with Crippen LogP contribution in [0.5, 0.6) is 0 Å². The highest BCUT2D eigenvalue weighted by Crippen LogP contribution is 2.30. The van der Waals surface area contributed by atoms with Gasteiger partial charge in [0.15, 0.2) is 23.6 Å². The Bertz CT molecular complexity index is 4910. The number of hydrogen-bond donors (Lipinski definition) is 26. The van der Waals surface area contributed by atoms with E-state index in [1.54, 1.807) is 85.7 Å². The van der Waals surface area contributed by atoms with Crippen molar-refractivity contribution in [3.05, 3.63) is 35.9 Å². The van der Waals surface area contributed by atoms with Gasteiger partial charge in [0.25, 0.3) is 5.91 Å². The summed E-state index contributed by atoms with van der Waals surface area (Å²) in [7, 11) is 0. The molecule has 1 aliphatic heterocycles. The molecule has 774 valence electrons. The van der Waals surface area contributed by atoms with Crippen LogP contribution in [-0.4, -0.2) is 389 Å². The van der Waals surface area contributed by atoms with Gasteiger partial charge in [0, 0.05) is 32.7 Å². The van der Waals surface area contributed by atoms with Gasteiger partial charge >= 0.3 is 0 Å². The van der Waals surface area contributed by atoms with Gasteiger partial charge in [-0.1, -0.05) is 98.6 Å². The Labute approximate surface area is 805 Å². The minimum Gasteiger partial charge on any atom is -0.497 e. The summed E-state index contributed by atoms with van der Waals surface area (Å²) in [6.45, 7) is 34.6. The molecule has 0 radical (unpaired) electrons. The number of benzene rings is 1. The molecule has 2 rings (SSSR count). The third-order valence-corrected chi connectivity index (χ3v) is 21.9. The molecule has 138 heavy (non-hydrogen) atoms. The number of carbonyl (C=O) groups excluding carboxylic acids is 1. The molecular formula is C91H151N23O24. The van der Waals surface area contributed by atoms with Gasteiger partial charge in [-0.15, -0.1) is 0 Å². The summed E-state index contributed by atoms with van der Waals surface area (Å²) in [6.07, 6.45) is -0.804. The van der Waals surface area contributed by atoms with Crippen LogP contribution in [0.3, 0.4) is 0 Å². The number of carbonyl (C=O) groups is 1. The lowest BCUT2D eigenvalue weighted by Crippen LogP contribution is -2.50. The SMILES string of the molecule is CCC(C)C(N=C(O)CN=C(O)C(C)(C)N=C(O)C(N=C(O)C(C)(C)N=C(O)C(CCC(=N)O)N=C(O)C(C)(C)N=C(O)C(C)(C)N=C(O)C(C)N=C(O)CN=C(O)C(C)N=C(O)C(C)(C)N=C(C)O)C(C)CC)C(O)=NC(C)(C)C(=O)N1CCCC1C(O)=NC(C(O)=NC(C)(C)C(O)=NC(C(O)=NC(CCC(=N)O)C(O)=NC(CCC(=N)O)C(O)=NC(CO)Cc1ccccc1)C(C)C)C(C)C. The highest BCUT2D eigenvalue weighted by Gasteiger charge is 2.44. The first-order chi connectivity index (χ1) is 63.4. The zero-order chi connectivity index (χ0) is 106. The van der Waals surface area contributed by atoms with Crippen molar-refractivity contribution in [2.45, 2.75) is 349 Å². The number of hydrogen-bond acceptors (Lipinski definition) is 24. The van der Waals surface area contributed by atoms with E-state index < -0.39 is 291 Å². The van der Waals surface area contributed by atoms with Crippen LogP contribution in [-0.2, 0) is 11.2 Å². The van der Waals surface area contributed by atoms with Gasteiger partial charge in [-0.05, 0) is 179 Å². The number of likely N-dealkylation sites (tertiary alicyclic amines) is 1. The molecule has 1 heterocycles. The monoisotopic (exact) mass is 1950 g/mol. The van der Waals surface area contributed by atoms with Crippen molar-refractivity contribution in [2.75, 3.05) is 26.2 Å². The van der Waals surface area contributed by atoms with E-state index in [0.29, 0.717) is 19.3 Å². The van der Waals surface area contributed by atoms with Crippen molar-refractivity contribution in [3.63, 3.8) is 0 Å². The van der Waals surface area contributed by atoms with Gasteiger partial charge in [0.05, 0.1) is 12.6 Å². The van der Waals surface area contributed by atoms with Crippen molar-refractivity contribution in [1.29, 1.82) is 16.2 Å². The van der Waals surface area contributed by atoms with Crippen LogP contribution in [0, 0.1) is 39.9 Å². The van der Waals surface area contributed by atoms with E-state index >= 15 is 0 Å². The van der Waals surface area contributed by atoms with Gasteiger partial charge < -0.3 is 122 Å². The van der Waals surface area contributed by atoms with Crippen LogP contribution in [0.25, 0.3) is 0 Å². The molecule has 0 aromatic heterocycles. The fourth-order valence-corrected chi connectivity index (χ4v) is 12.9. The van der Waals surface area contributed by atoms with E-state index in [1.807, 2.05) is 0 Å². The Kier molecular flexibility index (Phi) is 46.6. The summed E-state index contributed by atoms with van der Waals surface area (Å²) >= 11 is 0. The first kappa shape index (κ1) is 121. The fraction of sp³-hybridized carbons (Fsp3) is 0.681. The third kappa shape index (κ3) is 38.9. The van der Waals surface area contributed by atoms with Crippen molar-refractivity contribution in [1.82, 2.24) is 4.90 Å². The number of aliphatic imine (C=N–C) groups is 19. The molecule has 1 saturated heterocycles. The van der Waals surface area contributed by atoms with E-state index in [4.69, 9.17) is 16.2 Å². The summed E-state index contributed by atoms with van der Waals surface area (Å²) in [5.41, 5.74) is -11.5. The zero-order valence-corrected chi connectivity index (χ0v) is 83.8. The third-order valence-electron chi connectivity index (χ3n) is 21.9. The lowest BCUT2D eigenvalue weighted by atomic mass is 9.97. The molecule has 0 spiro atoms. The molecule has 0 aliphatic carbocycles. The topological polar surface area (TPSA) is 792 Å². The Hall–Kier alpha value is -13.0. The van der Waals surface area contributed by atoms with Crippen molar-refractivity contribution in [2.24, 2.45) is 119 Å². The number of amides is 1. The first-order valence-electron chi connectivity index (χ1n) is 45.3. The number of rotatable bonds is 56. The molecule has 0 bridgehead atoms. The van der Waals surface area contributed by atoms with Gasteiger partial charge in [0.1, 0.15) is 112 Å². The van der Waals surface area contributed by atoms with Gasteiger partial charge in [-0.3, -0.25) is 21.0 Å². The minimum atomic E-state index is -1.89. The second-order valence-corrected chi connectivity index (χ2v) is 38.1. The molecule has 1 fully saturated rings. The van der Waals surface area contributed by atoms with E-state index in [9.17, 15) is 122 Å². The quantitative estimate of drug-likeness (QED) is 0.0213. The summed E-state index contributed by atoms with van der Waals surface area (Å²) < 4.78 is 0. The van der Waals surface area contributed by atoms with Crippen LogP contribution in [0.15, 0.2) is 125 Å². The maximum absolute atomic E-state index is 14.7. The Balaban J connectivity index is 2.56. The van der Waals surface area contributed by atoms with E-state index in [-0.39, 0.29) is 51.0 Å². The van der Waals surface area contributed by atoms with E-state index in [0.717, 1.165) is 5.56 Å². The minimum absolute atomic E-state index is 0.0766. The number of nitrogens with zero attached hydrogens (tertiary/aromatic N) is 20. The second kappa shape index (κ2) is 53.1. The van der Waals surface area contributed by atoms with Crippen molar-refractivity contribution >= 4 is 136 Å². The molecule has 26 N–H and O–H groups in total. The Morgan fingerprint density at radius 1 is 0.384 bits per heavy atom. The molecule has 0 saturated carbocycles. The molecule has 1 aliphatic rings. The molecule has 1 aromatic rings. The zero-order valence-electron chi connectivity index (χ0n) is 83.8. The van der Waals surface area contributed by atoms with Crippen molar-refractivity contribution < 1.29 is 122 Å². The fourth-order valence-electron chi connectivity index (χ4n) is 12.9. The second-order valence-electron chi connectivity index (χ2n) is 38.1. The summed E-state index contributed by atoms with van der Waals surface area (Å²) in [4.78, 5) is 95.6. The Morgan fingerprint density at radius 3 is 1.22 bits per heavy atom. The maximum Gasteiger partial charge on any atom is 0.250 e. The number of aliphatic hydroxyl groups excluding tert-OH is 23. The predicted octanol–water partition coefficient (Wildman–Crippen LogP) is 13.9. The smallest absolute Gasteiger partial charge is 0.250 e. The standard InChI is InChI=1S/C91H151N23O24/c1-26-48(7)66(76(130)112-91(24,25)84(138)114-41-31-34-58(114)73(127)104-65(47(5)6)75(129)110-88(18,19)81(135)105-64(46(3)4)74(128)101-56(36-39-60(93)118)71(125)100-55(35-38-59(92)117)70(124)99-54(45-115)42-53-32-29-28-30-33-53)103-63(121)44-96-78(132)85(12,13)111-77(131)67(49(8)27-2)106-82(136)87(16,17)109-72(126)57(37-40-61(94)119)102-80(134)89(20,21)113-83(137)90(22,23)108-69(123)51(10)97-62(120)43-95-68(122)50(9)98-79(133)86(14,15)107-52(11)116/h28-30,32-33,46-51,54-58,64-67,115H,26-27,31,34-45H2,1-25H3,(H2,92,117)(H2,93,118)(H2,94,119)(H,95,122)(H,96,132)(H,97,120)(H,98,133)(H,99,124)(H,100,125)(H,101,128)(H,102,134)(H,103,121)(H,104,127)(H,105,135)(H,106,136)(H,107,116)(H,108,123)(H,109,126)(H,110,129)(H,111,131)(H,112,130)(H,113,137). The average molecular weight is 1950 g/mol. The number of aliphatic hydroxyl groups is 23. The molecule has 47 heteroatoms. The molecule has 13 atom stereocenters. The normalized spacial score (nSPS) is 19.2. The molecule has 1 amide bonds. The highest BCUT2D eigenvalue weighted by atomic mass is 16.3. The van der Waals surface area contributed by atoms with Gasteiger partial charge in [-0.2, -0.15) is 0 Å². The van der Waals surface area contributed by atoms with E-state index in [1.165, 1.54) is 123 Å². The molecule has 47 nitrogen and oxygen atoms in total. The number of nitrogens with one attached hydrogen (secondary N) is 3. The first-order valence-corrected chi connectivity index (χ1v) is 45.3. The van der Waals surface area contributed by atoms with Crippen LogP contribution >= 0.6 is 0 Å². The lowest BCUT2D eigenvalue weighted by Gasteiger charge is -2.31. The van der Waals surface area contributed by atoms with E-state index in [2.05, 4.69) is 94.9 Å². The highest BCUT2D eigenvalue weighted by molar-refractivity contribution is 6.00. The molecular weight excluding hydrogens is 1800 g/mol. The van der Waals surface area contributed by atoms with Crippen molar-refractivity contribution in [3.8, 4) is 0 Å². The van der Waals surface area contributed by atoms with Crippen LogP contribution in [0.4, 0.5) is 0 Å². The molecule has 1 aromatic carbocycles. The molecule has 13 unspecified atom stereocenters.